The Morgan fingerprint density at radius 2 is 2.07 bits per heavy atom. The summed E-state index contributed by atoms with van der Waals surface area (Å²) < 4.78 is 6.74. The summed E-state index contributed by atoms with van der Waals surface area (Å²) in [5.74, 6) is -0.406. The van der Waals surface area contributed by atoms with Gasteiger partial charge in [0.2, 0.25) is 0 Å². The molecule has 0 aliphatic carbocycles. The van der Waals surface area contributed by atoms with Crippen LogP contribution in [0, 0.1) is 0 Å². The van der Waals surface area contributed by atoms with Crippen LogP contribution < -0.4 is 10.9 Å². The summed E-state index contributed by atoms with van der Waals surface area (Å²) in [4.78, 5) is 26.5. The monoisotopic (exact) mass is 405 g/mol. The third-order valence-electron chi connectivity index (χ3n) is 4.90. The zero-order valence-electron chi connectivity index (χ0n) is 15.7. The Morgan fingerprint density at radius 1 is 1.32 bits per heavy atom. The topological polar surface area (TPSA) is 83.8 Å². The average molecular weight is 406 g/mol. The number of rotatable bonds is 5. The van der Waals surface area contributed by atoms with E-state index < -0.39 is 17.4 Å². The summed E-state index contributed by atoms with van der Waals surface area (Å²) in [5.41, 5.74) is 0.639. The molecule has 2 heterocycles. The standard InChI is InChI=1S/C20H24ClN3O4/c1-2-17-11-22-8-10-24(17)20(27)28-13-15-7-9-23(19(26)18(15)25)12-14-3-5-16(21)6-4-14/h3-7,9,17,22,25H,2,8,10-13H2,1H3. The van der Waals surface area contributed by atoms with Gasteiger partial charge in [0.15, 0.2) is 5.75 Å². The normalized spacial score (nSPS) is 16.8. The fraction of sp³-hybridized carbons (Fsp3) is 0.400. The number of carbonyl (C=O) groups excluding carboxylic acids is 1. The largest absolute Gasteiger partial charge is 0.503 e. The Balaban J connectivity index is 1.66. The lowest BCUT2D eigenvalue weighted by atomic mass is 10.1. The Bertz CT molecular complexity index is 882. The average Bonchev–Trinajstić information content (AvgIpc) is 2.72. The molecule has 1 aromatic carbocycles. The summed E-state index contributed by atoms with van der Waals surface area (Å²) in [6, 6.07) is 8.81. The van der Waals surface area contributed by atoms with Crippen LogP contribution in [0.15, 0.2) is 41.3 Å². The first kappa shape index (κ1) is 20.2. The molecular weight excluding hydrogens is 382 g/mol. The molecule has 1 unspecified atom stereocenters. The molecule has 1 atom stereocenters. The number of ether oxygens (including phenoxy) is 1. The Morgan fingerprint density at radius 3 is 2.79 bits per heavy atom. The van der Waals surface area contributed by atoms with Crippen LogP contribution in [0.25, 0.3) is 0 Å². The van der Waals surface area contributed by atoms with Crippen LogP contribution in [0.4, 0.5) is 4.79 Å². The first-order chi connectivity index (χ1) is 13.5. The summed E-state index contributed by atoms with van der Waals surface area (Å²) >= 11 is 5.87. The number of aromatic nitrogens is 1. The van der Waals surface area contributed by atoms with E-state index in [1.165, 1.54) is 4.57 Å². The second kappa shape index (κ2) is 9.12. The molecule has 0 saturated carbocycles. The third kappa shape index (κ3) is 4.66. The van der Waals surface area contributed by atoms with Gasteiger partial charge < -0.3 is 24.6 Å². The van der Waals surface area contributed by atoms with E-state index in [0.717, 1.165) is 25.1 Å². The first-order valence-electron chi connectivity index (χ1n) is 9.29. The van der Waals surface area contributed by atoms with Gasteiger partial charge in [-0.05, 0) is 30.2 Å². The molecule has 0 radical (unpaired) electrons. The quantitative estimate of drug-likeness (QED) is 0.798. The van der Waals surface area contributed by atoms with Crippen LogP contribution >= 0.6 is 11.6 Å². The minimum atomic E-state index is -0.530. The summed E-state index contributed by atoms with van der Waals surface area (Å²) in [5, 5.41) is 14.1. The van der Waals surface area contributed by atoms with E-state index in [2.05, 4.69) is 5.32 Å². The van der Waals surface area contributed by atoms with Gasteiger partial charge in [-0.2, -0.15) is 0 Å². The van der Waals surface area contributed by atoms with E-state index in [4.69, 9.17) is 16.3 Å². The van der Waals surface area contributed by atoms with Crippen LogP contribution in [0.3, 0.4) is 0 Å². The molecule has 0 spiro atoms. The van der Waals surface area contributed by atoms with Gasteiger partial charge in [-0.15, -0.1) is 0 Å². The van der Waals surface area contributed by atoms with Crippen LogP contribution in [0.1, 0.15) is 24.5 Å². The molecule has 8 heteroatoms. The highest BCUT2D eigenvalue weighted by Crippen LogP contribution is 2.16. The van der Waals surface area contributed by atoms with E-state index in [0.29, 0.717) is 18.1 Å². The summed E-state index contributed by atoms with van der Waals surface area (Å²) in [6.07, 6.45) is 1.98. The van der Waals surface area contributed by atoms with Crippen molar-refractivity contribution in [2.45, 2.75) is 32.5 Å². The van der Waals surface area contributed by atoms with Gasteiger partial charge in [0, 0.05) is 42.5 Å². The Kier molecular flexibility index (Phi) is 6.59. The zero-order valence-corrected chi connectivity index (χ0v) is 16.5. The smallest absolute Gasteiger partial charge is 0.410 e. The van der Waals surface area contributed by atoms with Crippen LogP contribution in [-0.2, 0) is 17.9 Å². The number of hydrogen-bond acceptors (Lipinski definition) is 5. The molecule has 1 saturated heterocycles. The second-order valence-corrected chi connectivity index (χ2v) is 7.20. The minimum Gasteiger partial charge on any atom is -0.503 e. The van der Waals surface area contributed by atoms with E-state index >= 15 is 0 Å². The van der Waals surface area contributed by atoms with Crippen molar-refractivity contribution in [2.75, 3.05) is 19.6 Å². The van der Waals surface area contributed by atoms with E-state index in [9.17, 15) is 14.7 Å². The number of benzene rings is 1. The molecular formula is C20H24ClN3O4. The van der Waals surface area contributed by atoms with Gasteiger partial charge in [0.1, 0.15) is 6.61 Å². The number of pyridine rings is 1. The molecule has 1 fully saturated rings. The molecule has 1 aromatic heterocycles. The van der Waals surface area contributed by atoms with Crippen molar-refractivity contribution in [1.82, 2.24) is 14.8 Å². The lowest BCUT2D eigenvalue weighted by molar-refractivity contribution is 0.0708. The lowest BCUT2D eigenvalue weighted by Gasteiger charge is -2.34. The number of carbonyl (C=O) groups is 1. The molecule has 1 amide bonds. The Hall–Kier alpha value is -2.51. The van der Waals surface area contributed by atoms with Crippen LogP contribution in [0.2, 0.25) is 5.02 Å². The number of nitrogens with one attached hydrogen (secondary N) is 1. The van der Waals surface area contributed by atoms with E-state index in [-0.39, 0.29) is 18.2 Å². The first-order valence-corrected chi connectivity index (χ1v) is 9.67. The maximum atomic E-state index is 12.4. The SMILES string of the molecule is CCC1CNCCN1C(=O)OCc1ccn(Cc2ccc(Cl)cc2)c(=O)c1O. The second-order valence-electron chi connectivity index (χ2n) is 6.76. The highest BCUT2D eigenvalue weighted by molar-refractivity contribution is 6.30. The maximum absolute atomic E-state index is 12.4. The van der Waals surface area contributed by atoms with Gasteiger partial charge in [0.05, 0.1) is 6.54 Å². The van der Waals surface area contributed by atoms with E-state index in [1.54, 1.807) is 29.3 Å². The van der Waals surface area contributed by atoms with Crippen molar-refractivity contribution in [1.29, 1.82) is 0 Å². The number of amides is 1. The fourth-order valence-corrected chi connectivity index (χ4v) is 3.34. The number of piperazine rings is 1. The molecule has 1 aliphatic rings. The molecule has 7 nitrogen and oxygen atoms in total. The van der Waals surface area contributed by atoms with E-state index in [1.807, 2.05) is 19.1 Å². The number of halogens is 1. The predicted octanol–water partition coefficient (Wildman–Crippen LogP) is 2.58. The van der Waals surface area contributed by atoms with Gasteiger partial charge in [-0.25, -0.2) is 4.79 Å². The van der Waals surface area contributed by atoms with Crippen LogP contribution in [0.5, 0.6) is 5.75 Å². The molecule has 1 aliphatic heterocycles. The fourth-order valence-electron chi connectivity index (χ4n) is 3.22. The zero-order chi connectivity index (χ0) is 20.1. The number of aromatic hydroxyl groups is 1. The molecule has 28 heavy (non-hydrogen) atoms. The van der Waals surface area contributed by atoms with Crippen molar-refractivity contribution in [3.05, 3.63) is 63.0 Å². The highest BCUT2D eigenvalue weighted by atomic mass is 35.5. The molecule has 2 aromatic rings. The predicted molar refractivity (Wildman–Crippen MR) is 107 cm³/mol. The highest BCUT2D eigenvalue weighted by Gasteiger charge is 2.26. The maximum Gasteiger partial charge on any atom is 0.410 e. The van der Waals surface area contributed by atoms with Crippen molar-refractivity contribution in [2.24, 2.45) is 0 Å². The van der Waals surface area contributed by atoms with Gasteiger partial charge in [0.25, 0.3) is 5.56 Å². The third-order valence-corrected chi connectivity index (χ3v) is 5.15. The summed E-state index contributed by atoms with van der Waals surface area (Å²) in [7, 11) is 0. The van der Waals surface area contributed by atoms with Crippen molar-refractivity contribution >= 4 is 17.7 Å². The molecule has 0 bridgehead atoms. The number of nitrogens with zero attached hydrogens (tertiary/aromatic N) is 2. The van der Waals surface area contributed by atoms with Gasteiger partial charge in [-0.3, -0.25) is 4.79 Å². The molecule has 150 valence electrons. The lowest BCUT2D eigenvalue weighted by Crippen LogP contribution is -2.53. The minimum absolute atomic E-state index is 0.0854. The van der Waals surface area contributed by atoms with Gasteiger partial charge in [-0.1, -0.05) is 30.7 Å². The van der Waals surface area contributed by atoms with Crippen molar-refractivity contribution < 1.29 is 14.6 Å². The Labute approximate surface area is 168 Å². The molecule has 3 rings (SSSR count). The van der Waals surface area contributed by atoms with Crippen molar-refractivity contribution in [3.8, 4) is 5.75 Å². The van der Waals surface area contributed by atoms with Crippen molar-refractivity contribution in [3.63, 3.8) is 0 Å². The van der Waals surface area contributed by atoms with Crippen LogP contribution in [-0.4, -0.2) is 46.3 Å². The van der Waals surface area contributed by atoms with Gasteiger partial charge >= 0.3 is 6.09 Å². The number of hydrogen-bond donors (Lipinski definition) is 2. The summed E-state index contributed by atoms with van der Waals surface area (Å²) in [6.45, 7) is 4.20. The molecule has 2 N–H and O–H groups in total.